The molecule has 2 aliphatic rings. The molecule has 0 aliphatic heterocycles. The Morgan fingerprint density at radius 1 is 1.35 bits per heavy atom. The molecule has 0 bridgehead atoms. The number of hydrogen-bond acceptors (Lipinski definition) is 3. The summed E-state index contributed by atoms with van der Waals surface area (Å²) in [5.74, 6) is 0.752. The number of rotatable bonds is 6. The van der Waals surface area contributed by atoms with Crippen LogP contribution in [-0.4, -0.2) is 15.0 Å². The fourth-order valence-electron chi connectivity index (χ4n) is 3.07. The molecule has 2 saturated carbocycles. The summed E-state index contributed by atoms with van der Waals surface area (Å²) in [6.45, 7) is 2.78. The number of benzene rings is 1. The Balaban J connectivity index is 1.78. The van der Waals surface area contributed by atoms with Crippen molar-refractivity contribution in [3.05, 3.63) is 29.3 Å². The van der Waals surface area contributed by atoms with Gasteiger partial charge in [-0.3, -0.25) is 0 Å². The van der Waals surface area contributed by atoms with E-state index in [0.29, 0.717) is 18.0 Å². The highest BCUT2D eigenvalue weighted by Gasteiger charge is 2.53. The molecule has 4 nitrogen and oxygen atoms in total. The molecule has 0 heterocycles. The Kier molecular flexibility index (Phi) is 3.39. The summed E-state index contributed by atoms with van der Waals surface area (Å²) in [6.07, 6.45) is 4.87. The summed E-state index contributed by atoms with van der Waals surface area (Å²) in [5.41, 5.74) is 7.57. The van der Waals surface area contributed by atoms with E-state index >= 15 is 0 Å². The molecule has 0 aromatic heterocycles. The largest absolute Gasteiger partial charge is 0.326 e. The second-order valence-electron chi connectivity index (χ2n) is 6.21. The van der Waals surface area contributed by atoms with Gasteiger partial charge in [0.05, 0.1) is 4.90 Å². The third-order valence-corrected chi connectivity index (χ3v) is 6.40. The predicted octanol–water partition coefficient (Wildman–Crippen LogP) is 1.92. The van der Waals surface area contributed by atoms with Gasteiger partial charge in [0, 0.05) is 13.1 Å². The van der Waals surface area contributed by atoms with Crippen LogP contribution in [0.15, 0.2) is 23.1 Å². The molecule has 20 heavy (non-hydrogen) atoms. The fraction of sp³-hybridized carbons (Fsp3) is 0.600. The van der Waals surface area contributed by atoms with Gasteiger partial charge in [0.15, 0.2) is 0 Å². The zero-order valence-corrected chi connectivity index (χ0v) is 12.7. The molecule has 0 amide bonds. The SMILES string of the molecule is Cc1c(CN)cccc1S(=O)(=O)NCC1(C2CC2)CC1. The predicted molar refractivity (Wildman–Crippen MR) is 78.6 cm³/mol. The minimum absolute atomic E-state index is 0.270. The second-order valence-corrected chi connectivity index (χ2v) is 7.94. The van der Waals surface area contributed by atoms with Gasteiger partial charge in [0.1, 0.15) is 0 Å². The average Bonchev–Trinajstić information content (AvgIpc) is 3.28. The monoisotopic (exact) mass is 294 g/mol. The van der Waals surface area contributed by atoms with Crippen molar-refractivity contribution >= 4 is 10.0 Å². The summed E-state index contributed by atoms with van der Waals surface area (Å²) in [4.78, 5) is 0.368. The summed E-state index contributed by atoms with van der Waals surface area (Å²) >= 11 is 0. The molecule has 0 spiro atoms. The zero-order chi connectivity index (χ0) is 14.4. The molecule has 110 valence electrons. The average molecular weight is 294 g/mol. The molecule has 1 aromatic rings. The van der Waals surface area contributed by atoms with E-state index in [1.165, 1.54) is 25.7 Å². The lowest BCUT2D eigenvalue weighted by Gasteiger charge is -2.17. The van der Waals surface area contributed by atoms with Gasteiger partial charge < -0.3 is 5.73 Å². The van der Waals surface area contributed by atoms with Crippen LogP contribution < -0.4 is 10.5 Å². The first-order chi connectivity index (χ1) is 9.48. The highest BCUT2D eigenvalue weighted by Crippen LogP contribution is 2.60. The quantitative estimate of drug-likeness (QED) is 0.842. The Labute approximate surface area is 120 Å². The van der Waals surface area contributed by atoms with Crippen molar-refractivity contribution in [1.29, 1.82) is 0 Å². The van der Waals surface area contributed by atoms with E-state index in [-0.39, 0.29) is 5.41 Å². The lowest BCUT2D eigenvalue weighted by atomic mass is 10.0. The van der Waals surface area contributed by atoms with E-state index in [1.807, 2.05) is 13.0 Å². The summed E-state index contributed by atoms with van der Waals surface area (Å²) in [7, 11) is -3.43. The van der Waals surface area contributed by atoms with Crippen LogP contribution in [0.2, 0.25) is 0 Å². The molecule has 2 fully saturated rings. The van der Waals surface area contributed by atoms with Crippen molar-refractivity contribution in [2.24, 2.45) is 17.1 Å². The van der Waals surface area contributed by atoms with Crippen LogP contribution in [0.5, 0.6) is 0 Å². The van der Waals surface area contributed by atoms with E-state index in [0.717, 1.165) is 17.0 Å². The molecule has 3 N–H and O–H groups in total. The Morgan fingerprint density at radius 3 is 2.60 bits per heavy atom. The number of nitrogens with one attached hydrogen (secondary N) is 1. The first kappa shape index (κ1) is 14.0. The third kappa shape index (κ3) is 2.50. The van der Waals surface area contributed by atoms with E-state index in [2.05, 4.69) is 4.72 Å². The molecule has 2 aliphatic carbocycles. The van der Waals surface area contributed by atoms with Crippen LogP contribution in [0.25, 0.3) is 0 Å². The van der Waals surface area contributed by atoms with Crippen LogP contribution in [0.4, 0.5) is 0 Å². The van der Waals surface area contributed by atoms with Crippen LogP contribution in [0.1, 0.15) is 36.8 Å². The normalized spacial score (nSPS) is 20.9. The lowest BCUT2D eigenvalue weighted by molar-refractivity contribution is 0.432. The minimum atomic E-state index is -3.43. The Morgan fingerprint density at radius 2 is 2.05 bits per heavy atom. The van der Waals surface area contributed by atoms with Crippen molar-refractivity contribution in [2.75, 3.05) is 6.54 Å². The topological polar surface area (TPSA) is 72.2 Å². The Bertz CT molecular complexity index is 617. The van der Waals surface area contributed by atoms with Crippen molar-refractivity contribution in [2.45, 2.75) is 44.0 Å². The van der Waals surface area contributed by atoms with Gasteiger partial charge in [-0.15, -0.1) is 0 Å². The van der Waals surface area contributed by atoms with Crippen molar-refractivity contribution in [3.8, 4) is 0 Å². The fourth-order valence-corrected chi connectivity index (χ4v) is 4.50. The molecule has 0 radical (unpaired) electrons. The first-order valence-corrected chi connectivity index (χ1v) is 8.75. The number of nitrogens with two attached hydrogens (primary N) is 1. The van der Waals surface area contributed by atoms with Gasteiger partial charge in [-0.1, -0.05) is 12.1 Å². The van der Waals surface area contributed by atoms with Crippen LogP contribution in [0, 0.1) is 18.3 Å². The molecular formula is C15H22N2O2S. The molecule has 1 aromatic carbocycles. The maximum Gasteiger partial charge on any atom is 0.240 e. The van der Waals surface area contributed by atoms with Crippen molar-refractivity contribution in [1.82, 2.24) is 4.72 Å². The lowest BCUT2D eigenvalue weighted by Crippen LogP contribution is -2.31. The van der Waals surface area contributed by atoms with Crippen molar-refractivity contribution in [3.63, 3.8) is 0 Å². The molecule has 5 heteroatoms. The number of sulfonamides is 1. The smallest absolute Gasteiger partial charge is 0.240 e. The summed E-state index contributed by atoms with van der Waals surface area (Å²) in [5, 5.41) is 0. The van der Waals surface area contributed by atoms with Gasteiger partial charge in [-0.2, -0.15) is 0 Å². The van der Waals surface area contributed by atoms with E-state index < -0.39 is 10.0 Å². The van der Waals surface area contributed by atoms with Gasteiger partial charge >= 0.3 is 0 Å². The molecule has 0 saturated heterocycles. The maximum absolute atomic E-state index is 12.5. The van der Waals surface area contributed by atoms with E-state index in [4.69, 9.17) is 5.73 Å². The third-order valence-electron chi connectivity index (χ3n) is 4.86. The highest BCUT2D eigenvalue weighted by molar-refractivity contribution is 7.89. The Hall–Kier alpha value is -0.910. The van der Waals surface area contributed by atoms with Gasteiger partial charge in [0.2, 0.25) is 10.0 Å². The number of hydrogen-bond donors (Lipinski definition) is 2. The van der Waals surface area contributed by atoms with Crippen LogP contribution in [-0.2, 0) is 16.6 Å². The zero-order valence-electron chi connectivity index (χ0n) is 11.9. The van der Waals surface area contributed by atoms with Crippen LogP contribution in [0.3, 0.4) is 0 Å². The standard InChI is InChI=1S/C15H22N2O2S/c1-11-12(9-16)3-2-4-14(11)20(18,19)17-10-15(7-8-15)13-5-6-13/h2-4,13,17H,5-10,16H2,1H3. The van der Waals surface area contributed by atoms with Crippen molar-refractivity contribution < 1.29 is 8.42 Å². The summed E-state index contributed by atoms with van der Waals surface area (Å²) < 4.78 is 27.8. The molecule has 0 unspecified atom stereocenters. The van der Waals surface area contributed by atoms with Gasteiger partial charge in [-0.25, -0.2) is 13.1 Å². The molecular weight excluding hydrogens is 272 g/mol. The maximum atomic E-state index is 12.5. The van der Waals surface area contributed by atoms with E-state index in [9.17, 15) is 8.42 Å². The van der Waals surface area contributed by atoms with E-state index in [1.54, 1.807) is 12.1 Å². The van der Waals surface area contributed by atoms with Gasteiger partial charge in [-0.05, 0) is 61.1 Å². The highest BCUT2D eigenvalue weighted by atomic mass is 32.2. The van der Waals surface area contributed by atoms with Gasteiger partial charge in [0.25, 0.3) is 0 Å². The summed E-state index contributed by atoms with van der Waals surface area (Å²) in [6, 6.07) is 5.30. The first-order valence-electron chi connectivity index (χ1n) is 7.27. The van der Waals surface area contributed by atoms with Crippen LogP contribution >= 0.6 is 0 Å². The molecule has 3 rings (SSSR count). The molecule has 0 atom stereocenters. The second kappa shape index (κ2) is 4.83. The minimum Gasteiger partial charge on any atom is -0.326 e.